The van der Waals surface area contributed by atoms with Crippen molar-refractivity contribution >= 4 is 17.3 Å². The van der Waals surface area contributed by atoms with Gasteiger partial charge in [0.05, 0.1) is 11.9 Å². The van der Waals surface area contributed by atoms with E-state index in [1.165, 1.54) is 0 Å². The van der Waals surface area contributed by atoms with E-state index in [1.54, 1.807) is 36.7 Å². The molecule has 0 aliphatic carbocycles. The maximum absolute atomic E-state index is 11.9. The van der Waals surface area contributed by atoms with Crippen molar-refractivity contribution in [3.8, 4) is 0 Å². The fourth-order valence-electron chi connectivity index (χ4n) is 1.58. The van der Waals surface area contributed by atoms with E-state index in [0.29, 0.717) is 11.3 Å². The normalized spacial score (nSPS) is 9.83. The molecule has 0 saturated carbocycles. The number of aromatic nitrogens is 1. The van der Waals surface area contributed by atoms with E-state index >= 15 is 0 Å². The number of nitrogens with zero attached hydrogens (tertiary/aromatic N) is 1. The standard InChI is InChI=1S/C14H15N3O/c1-2-16-12-7-5-11(6-8-12)14(18)17-13-4-3-9-15-10-13/h3-10,16H,2H2,1H3,(H,17,18). The summed E-state index contributed by atoms with van der Waals surface area (Å²) in [5.41, 5.74) is 2.33. The van der Waals surface area contributed by atoms with Crippen LogP contribution in [0, 0.1) is 0 Å². The van der Waals surface area contributed by atoms with Crippen LogP contribution in [0.3, 0.4) is 0 Å². The van der Waals surface area contributed by atoms with Crippen molar-refractivity contribution in [3.63, 3.8) is 0 Å². The highest BCUT2D eigenvalue weighted by atomic mass is 16.1. The molecule has 0 bridgehead atoms. The van der Waals surface area contributed by atoms with Crippen LogP contribution in [0.15, 0.2) is 48.8 Å². The molecule has 1 aromatic heterocycles. The zero-order chi connectivity index (χ0) is 12.8. The molecule has 1 aromatic carbocycles. The molecule has 0 atom stereocenters. The Bertz CT molecular complexity index is 508. The van der Waals surface area contributed by atoms with Gasteiger partial charge in [0.2, 0.25) is 0 Å². The molecule has 4 nitrogen and oxygen atoms in total. The second kappa shape index (κ2) is 5.82. The third kappa shape index (κ3) is 3.07. The van der Waals surface area contributed by atoms with Crippen LogP contribution >= 0.6 is 0 Å². The molecule has 0 fully saturated rings. The van der Waals surface area contributed by atoms with Gasteiger partial charge in [-0.05, 0) is 43.3 Å². The smallest absolute Gasteiger partial charge is 0.255 e. The molecular formula is C14H15N3O. The molecule has 2 N–H and O–H groups in total. The zero-order valence-electron chi connectivity index (χ0n) is 10.2. The van der Waals surface area contributed by atoms with Crippen molar-refractivity contribution in [2.75, 3.05) is 17.2 Å². The molecule has 1 amide bonds. The zero-order valence-corrected chi connectivity index (χ0v) is 10.2. The Morgan fingerprint density at radius 3 is 2.56 bits per heavy atom. The monoisotopic (exact) mass is 241 g/mol. The van der Waals surface area contributed by atoms with Gasteiger partial charge in [-0.1, -0.05) is 0 Å². The summed E-state index contributed by atoms with van der Waals surface area (Å²) in [6, 6.07) is 11.0. The molecule has 0 spiro atoms. The second-order valence-corrected chi connectivity index (χ2v) is 3.80. The lowest BCUT2D eigenvalue weighted by molar-refractivity contribution is 0.102. The fraction of sp³-hybridized carbons (Fsp3) is 0.143. The van der Waals surface area contributed by atoms with Crippen LogP contribution in [0.5, 0.6) is 0 Å². The van der Waals surface area contributed by atoms with Gasteiger partial charge in [-0.2, -0.15) is 0 Å². The molecule has 18 heavy (non-hydrogen) atoms. The van der Waals surface area contributed by atoms with Gasteiger partial charge in [0, 0.05) is 24.0 Å². The van der Waals surface area contributed by atoms with Gasteiger partial charge in [0.15, 0.2) is 0 Å². The van der Waals surface area contributed by atoms with Crippen molar-refractivity contribution < 1.29 is 4.79 Å². The van der Waals surface area contributed by atoms with E-state index in [-0.39, 0.29) is 5.91 Å². The lowest BCUT2D eigenvalue weighted by Crippen LogP contribution is -2.11. The number of amides is 1. The Hall–Kier alpha value is -2.36. The molecule has 0 aliphatic rings. The minimum atomic E-state index is -0.133. The highest BCUT2D eigenvalue weighted by Gasteiger charge is 2.05. The minimum Gasteiger partial charge on any atom is -0.385 e. The largest absolute Gasteiger partial charge is 0.385 e. The van der Waals surface area contributed by atoms with Crippen LogP contribution in [-0.4, -0.2) is 17.4 Å². The lowest BCUT2D eigenvalue weighted by Gasteiger charge is -2.06. The van der Waals surface area contributed by atoms with E-state index in [2.05, 4.69) is 15.6 Å². The Labute approximate surface area is 106 Å². The molecule has 0 saturated heterocycles. The summed E-state index contributed by atoms with van der Waals surface area (Å²) >= 11 is 0. The van der Waals surface area contributed by atoms with Gasteiger partial charge in [0.25, 0.3) is 5.91 Å². The average molecular weight is 241 g/mol. The quantitative estimate of drug-likeness (QED) is 0.865. The van der Waals surface area contributed by atoms with Gasteiger partial charge < -0.3 is 10.6 Å². The number of carbonyl (C=O) groups is 1. The summed E-state index contributed by atoms with van der Waals surface area (Å²) in [4.78, 5) is 15.9. The molecule has 2 aromatic rings. The summed E-state index contributed by atoms with van der Waals surface area (Å²) < 4.78 is 0. The van der Waals surface area contributed by atoms with Crippen LogP contribution in [0.2, 0.25) is 0 Å². The van der Waals surface area contributed by atoms with Crippen molar-refractivity contribution in [2.45, 2.75) is 6.92 Å². The molecule has 1 heterocycles. The highest BCUT2D eigenvalue weighted by Crippen LogP contribution is 2.11. The highest BCUT2D eigenvalue weighted by molar-refractivity contribution is 6.04. The van der Waals surface area contributed by atoms with Crippen LogP contribution in [-0.2, 0) is 0 Å². The van der Waals surface area contributed by atoms with E-state index in [1.807, 2.05) is 19.1 Å². The summed E-state index contributed by atoms with van der Waals surface area (Å²) in [6.07, 6.45) is 3.28. The average Bonchev–Trinajstić information content (AvgIpc) is 2.41. The van der Waals surface area contributed by atoms with Crippen molar-refractivity contribution in [1.82, 2.24) is 4.98 Å². The molecule has 0 aliphatic heterocycles. The molecule has 2 rings (SSSR count). The molecule has 0 unspecified atom stereocenters. The number of carbonyl (C=O) groups excluding carboxylic acids is 1. The van der Waals surface area contributed by atoms with Crippen LogP contribution in [0.4, 0.5) is 11.4 Å². The maximum atomic E-state index is 11.9. The molecule has 0 radical (unpaired) electrons. The molecule has 4 heteroatoms. The summed E-state index contributed by atoms with van der Waals surface area (Å²) in [5.74, 6) is -0.133. The SMILES string of the molecule is CCNc1ccc(C(=O)Nc2cccnc2)cc1. The third-order valence-electron chi connectivity index (χ3n) is 2.45. The Balaban J connectivity index is 2.05. The molecular weight excluding hydrogens is 226 g/mol. The minimum absolute atomic E-state index is 0.133. The summed E-state index contributed by atoms with van der Waals surface area (Å²) in [5, 5.41) is 5.97. The van der Waals surface area contributed by atoms with Crippen LogP contribution in [0.1, 0.15) is 17.3 Å². The molecule has 92 valence electrons. The van der Waals surface area contributed by atoms with E-state index in [9.17, 15) is 4.79 Å². The Kier molecular flexibility index (Phi) is 3.91. The van der Waals surface area contributed by atoms with Gasteiger partial charge in [0.1, 0.15) is 0 Å². The second-order valence-electron chi connectivity index (χ2n) is 3.80. The van der Waals surface area contributed by atoms with Crippen molar-refractivity contribution in [1.29, 1.82) is 0 Å². The maximum Gasteiger partial charge on any atom is 0.255 e. The number of hydrogen-bond donors (Lipinski definition) is 2. The Morgan fingerprint density at radius 1 is 1.17 bits per heavy atom. The van der Waals surface area contributed by atoms with Crippen LogP contribution < -0.4 is 10.6 Å². The number of pyridine rings is 1. The van der Waals surface area contributed by atoms with Gasteiger partial charge in [-0.3, -0.25) is 9.78 Å². The first-order valence-corrected chi connectivity index (χ1v) is 5.85. The predicted molar refractivity (Wildman–Crippen MR) is 72.8 cm³/mol. The number of rotatable bonds is 4. The number of benzene rings is 1. The fourth-order valence-corrected chi connectivity index (χ4v) is 1.58. The Morgan fingerprint density at radius 2 is 1.94 bits per heavy atom. The number of hydrogen-bond acceptors (Lipinski definition) is 3. The first kappa shape index (κ1) is 12.1. The topological polar surface area (TPSA) is 54.0 Å². The predicted octanol–water partition coefficient (Wildman–Crippen LogP) is 2.77. The van der Waals surface area contributed by atoms with Gasteiger partial charge in [-0.25, -0.2) is 0 Å². The number of anilines is 2. The number of nitrogens with one attached hydrogen (secondary N) is 2. The van der Waals surface area contributed by atoms with Crippen LogP contribution in [0.25, 0.3) is 0 Å². The first-order valence-electron chi connectivity index (χ1n) is 5.85. The summed E-state index contributed by atoms with van der Waals surface area (Å²) in [6.45, 7) is 2.89. The van der Waals surface area contributed by atoms with Gasteiger partial charge in [-0.15, -0.1) is 0 Å². The third-order valence-corrected chi connectivity index (χ3v) is 2.45. The van der Waals surface area contributed by atoms with Crippen molar-refractivity contribution in [2.24, 2.45) is 0 Å². The lowest BCUT2D eigenvalue weighted by atomic mass is 10.2. The summed E-state index contributed by atoms with van der Waals surface area (Å²) in [7, 11) is 0. The van der Waals surface area contributed by atoms with E-state index in [0.717, 1.165) is 12.2 Å². The van der Waals surface area contributed by atoms with Gasteiger partial charge >= 0.3 is 0 Å². The van der Waals surface area contributed by atoms with E-state index < -0.39 is 0 Å². The van der Waals surface area contributed by atoms with E-state index in [4.69, 9.17) is 0 Å². The first-order chi connectivity index (χ1) is 8.79. The van der Waals surface area contributed by atoms with Crippen molar-refractivity contribution in [3.05, 3.63) is 54.4 Å².